The van der Waals surface area contributed by atoms with Crippen LogP contribution in [0.4, 0.5) is 11.4 Å². The van der Waals surface area contributed by atoms with Crippen LogP contribution in [0, 0.1) is 10.1 Å². The van der Waals surface area contributed by atoms with Crippen LogP contribution in [0.3, 0.4) is 0 Å². The maximum absolute atomic E-state index is 11.4. The van der Waals surface area contributed by atoms with Crippen LogP contribution in [0.1, 0.15) is 10.4 Å². The van der Waals surface area contributed by atoms with Crippen molar-refractivity contribution in [2.75, 3.05) is 25.6 Å². The molecule has 7 heteroatoms. The third kappa shape index (κ3) is 2.75. The molecule has 1 aromatic carbocycles. The summed E-state index contributed by atoms with van der Waals surface area (Å²) < 4.78 is 9.57. The second-order valence-corrected chi connectivity index (χ2v) is 3.82. The molecule has 0 aliphatic carbocycles. The molecule has 0 spiro atoms. The van der Waals surface area contributed by atoms with E-state index in [-0.39, 0.29) is 17.4 Å². The highest BCUT2D eigenvalue weighted by Crippen LogP contribution is 2.26. The molecular formula is C11H12N2O5. The molecular weight excluding hydrogens is 240 g/mol. The molecule has 1 fully saturated rings. The smallest absolute Gasteiger partial charge is 0.337 e. The summed E-state index contributed by atoms with van der Waals surface area (Å²) in [5.74, 6) is -0.532. The van der Waals surface area contributed by atoms with E-state index in [0.717, 1.165) is 0 Å². The predicted octanol–water partition coefficient (Wildman–Crippen LogP) is 1.19. The average molecular weight is 252 g/mol. The highest BCUT2D eigenvalue weighted by atomic mass is 16.6. The van der Waals surface area contributed by atoms with Gasteiger partial charge in [0.2, 0.25) is 0 Å². The van der Waals surface area contributed by atoms with E-state index >= 15 is 0 Å². The summed E-state index contributed by atoms with van der Waals surface area (Å²) in [6, 6.07) is 4.05. The molecule has 7 nitrogen and oxygen atoms in total. The number of hydrogen-bond donors (Lipinski definition) is 1. The van der Waals surface area contributed by atoms with Gasteiger partial charge < -0.3 is 14.8 Å². The summed E-state index contributed by atoms with van der Waals surface area (Å²) in [7, 11) is 1.26. The second-order valence-electron chi connectivity index (χ2n) is 3.82. The van der Waals surface area contributed by atoms with Gasteiger partial charge in [-0.3, -0.25) is 10.1 Å². The molecule has 1 heterocycles. The summed E-state index contributed by atoms with van der Waals surface area (Å²) in [4.78, 5) is 21.7. The molecule has 1 saturated heterocycles. The highest BCUT2D eigenvalue weighted by molar-refractivity contribution is 5.91. The molecule has 1 aromatic rings. The quantitative estimate of drug-likeness (QED) is 0.366. The molecule has 18 heavy (non-hydrogen) atoms. The predicted molar refractivity (Wildman–Crippen MR) is 62.7 cm³/mol. The van der Waals surface area contributed by atoms with Crippen molar-refractivity contribution in [3.8, 4) is 0 Å². The summed E-state index contributed by atoms with van der Waals surface area (Å²) in [5, 5.41) is 13.8. The molecule has 2 rings (SSSR count). The van der Waals surface area contributed by atoms with Crippen LogP contribution in [0.25, 0.3) is 0 Å². The lowest BCUT2D eigenvalue weighted by molar-refractivity contribution is -0.384. The van der Waals surface area contributed by atoms with Gasteiger partial charge in [-0.15, -0.1) is 0 Å². The molecule has 1 aliphatic heterocycles. The van der Waals surface area contributed by atoms with Crippen molar-refractivity contribution in [1.29, 1.82) is 0 Å². The first kappa shape index (κ1) is 12.3. The Morgan fingerprint density at radius 3 is 2.94 bits per heavy atom. The van der Waals surface area contributed by atoms with E-state index in [9.17, 15) is 14.9 Å². The Kier molecular flexibility index (Phi) is 3.42. The van der Waals surface area contributed by atoms with Crippen molar-refractivity contribution < 1.29 is 19.2 Å². The Bertz CT molecular complexity index is 484. The van der Waals surface area contributed by atoms with Gasteiger partial charge in [-0.05, 0) is 12.1 Å². The van der Waals surface area contributed by atoms with Crippen molar-refractivity contribution in [2.24, 2.45) is 0 Å². The molecule has 0 unspecified atom stereocenters. The number of carbonyl (C=O) groups is 1. The summed E-state index contributed by atoms with van der Waals surface area (Å²) in [6.45, 7) is 1.13. The molecule has 0 bridgehead atoms. The van der Waals surface area contributed by atoms with Crippen LogP contribution in [-0.2, 0) is 9.47 Å². The molecule has 1 atom stereocenters. The molecule has 0 aromatic heterocycles. The first-order valence-corrected chi connectivity index (χ1v) is 5.34. The van der Waals surface area contributed by atoms with E-state index in [1.54, 1.807) is 0 Å². The van der Waals surface area contributed by atoms with E-state index < -0.39 is 10.9 Å². The standard InChI is InChI=1S/C11H12N2O5/c1-17-11(14)7-2-3-10(13(15)16)9(4-7)12-5-8-6-18-8/h2-4,8,12H,5-6H2,1H3/t8-/m1/s1. The zero-order valence-electron chi connectivity index (χ0n) is 9.71. The Morgan fingerprint density at radius 2 is 2.39 bits per heavy atom. The van der Waals surface area contributed by atoms with Gasteiger partial charge in [-0.1, -0.05) is 0 Å². The van der Waals surface area contributed by atoms with Crippen LogP contribution in [0.2, 0.25) is 0 Å². The molecule has 0 saturated carbocycles. The Hall–Kier alpha value is -2.15. The first-order valence-electron chi connectivity index (χ1n) is 5.34. The lowest BCUT2D eigenvalue weighted by Gasteiger charge is -2.07. The average Bonchev–Trinajstić information content (AvgIpc) is 3.18. The number of anilines is 1. The van der Waals surface area contributed by atoms with Gasteiger partial charge in [-0.2, -0.15) is 0 Å². The number of nitro groups is 1. The Morgan fingerprint density at radius 1 is 1.67 bits per heavy atom. The molecule has 0 radical (unpaired) electrons. The van der Waals surface area contributed by atoms with E-state index in [4.69, 9.17) is 4.74 Å². The lowest BCUT2D eigenvalue weighted by Crippen LogP contribution is -2.10. The number of esters is 1. The number of ether oxygens (including phenoxy) is 2. The normalized spacial score (nSPS) is 17.1. The fourth-order valence-corrected chi connectivity index (χ4v) is 1.49. The summed E-state index contributed by atoms with van der Waals surface area (Å²) >= 11 is 0. The lowest BCUT2D eigenvalue weighted by atomic mass is 10.1. The van der Waals surface area contributed by atoms with Crippen molar-refractivity contribution in [3.63, 3.8) is 0 Å². The van der Waals surface area contributed by atoms with Crippen molar-refractivity contribution in [2.45, 2.75) is 6.10 Å². The molecule has 1 N–H and O–H groups in total. The third-order valence-corrected chi connectivity index (χ3v) is 2.54. The van der Waals surface area contributed by atoms with Crippen molar-refractivity contribution in [1.82, 2.24) is 0 Å². The maximum atomic E-state index is 11.4. The van der Waals surface area contributed by atoms with Gasteiger partial charge in [-0.25, -0.2) is 4.79 Å². The maximum Gasteiger partial charge on any atom is 0.337 e. The van der Waals surface area contributed by atoms with Gasteiger partial charge in [0.15, 0.2) is 0 Å². The number of methoxy groups -OCH3 is 1. The Balaban J connectivity index is 2.24. The zero-order valence-corrected chi connectivity index (χ0v) is 9.71. The van der Waals surface area contributed by atoms with Crippen LogP contribution >= 0.6 is 0 Å². The molecule has 96 valence electrons. The fraction of sp³-hybridized carbons (Fsp3) is 0.364. The van der Waals surface area contributed by atoms with E-state index in [1.807, 2.05) is 0 Å². The number of nitrogens with one attached hydrogen (secondary N) is 1. The second kappa shape index (κ2) is 5.01. The third-order valence-electron chi connectivity index (χ3n) is 2.54. The monoisotopic (exact) mass is 252 g/mol. The Labute approximate surface area is 103 Å². The number of epoxide rings is 1. The van der Waals surface area contributed by atoms with Gasteiger partial charge in [0, 0.05) is 12.6 Å². The number of nitro benzene ring substituents is 1. The highest BCUT2D eigenvalue weighted by Gasteiger charge is 2.24. The first-order chi connectivity index (χ1) is 8.61. The minimum absolute atomic E-state index is 0.0803. The summed E-state index contributed by atoms with van der Waals surface area (Å²) in [6.07, 6.45) is 0.0892. The number of hydrogen-bond acceptors (Lipinski definition) is 6. The fourth-order valence-electron chi connectivity index (χ4n) is 1.49. The van der Waals surface area contributed by atoms with Crippen molar-refractivity contribution in [3.05, 3.63) is 33.9 Å². The number of nitrogens with zero attached hydrogens (tertiary/aromatic N) is 1. The van der Waals surface area contributed by atoms with Gasteiger partial charge in [0.25, 0.3) is 5.69 Å². The largest absolute Gasteiger partial charge is 0.465 e. The topological polar surface area (TPSA) is 94.0 Å². The van der Waals surface area contributed by atoms with Crippen molar-refractivity contribution >= 4 is 17.3 Å². The number of rotatable bonds is 5. The molecule has 0 amide bonds. The van der Waals surface area contributed by atoms with E-state index in [2.05, 4.69) is 10.1 Å². The van der Waals surface area contributed by atoms with Gasteiger partial charge >= 0.3 is 5.97 Å². The van der Waals surface area contributed by atoms with Crippen LogP contribution < -0.4 is 5.32 Å². The van der Waals surface area contributed by atoms with Crippen LogP contribution in [-0.4, -0.2) is 37.3 Å². The molecule has 1 aliphatic rings. The van der Waals surface area contributed by atoms with Gasteiger partial charge in [0.1, 0.15) is 5.69 Å². The minimum Gasteiger partial charge on any atom is -0.465 e. The van der Waals surface area contributed by atoms with E-state index in [1.165, 1.54) is 25.3 Å². The van der Waals surface area contributed by atoms with Crippen LogP contribution in [0.15, 0.2) is 18.2 Å². The summed E-state index contributed by atoms with van der Waals surface area (Å²) in [5.41, 5.74) is 0.476. The van der Waals surface area contributed by atoms with Gasteiger partial charge in [0.05, 0.1) is 30.3 Å². The van der Waals surface area contributed by atoms with Crippen LogP contribution in [0.5, 0.6) is 0 Å². The SMILES string of the molecule is COC(=O)c1ccc([N+](=O)[O-])c(NC[C@@H]2CO2)c1. The minimum atomic E-state index is -0.532. The van der Waals surface area contributed by atoms with E-state index in [0.29, 0.717) is 18.8 Å². The zero-order chi connectivity index (χ0) is 13.1. The number of carbonyl (C=O) groups excluding carboxylic acids is 1. The number of benzene rings is 1.